The van der Waals surface area contributed by atoms with Gasteiger partial charge in [0.25, 0.3) is 0 Å². The van der Waals surface area contributed by atoms with Crippen molar-refractivity contribution in [3.05, 3.63) is 30.3 Å². The standard InChI is InChI=1S/C14H19ClNO4P/c1-11(14(17)19-12-7-5-6-8-12)16-21(15,18)20-13-9-3-2-4-10-13/h2-4,9-12H,5-8H2,1H3,(H,16,18). The molecule has 5 nitrogen and oxygen atoms in total. The van der Waals surface area contributed by atoms with Crippen LogP contribution in [0.25, 0.3) is 0 Å². The van der Waals surface area contributed by atoms with Crippen molar-refractivity contribution in [1.29, 1.82) is 0 Å². The van der Waals surface area contributed by atoms with Crippen molar-refractivity contribution in [2.75, 3.05) is 0 Å². The van der Waals surface area contributed by atoms with E-state index in [1.165, 1.54) is 0 Å². The van der Waals surface area contributed by atoms with Gasteiger partial charge in [-0.3, -0.25) is 4.79 Å². The van der Waals surface area contributed by atoms with Gasteiger partial charge in [0.05, 0.1) is 0 Å². The maximum absolute atomic E-state index is 12.2. The highest BCUT2D eigenvalue weighted by Crippen LogP contribution is 2.48. The highest BCUT2D eigenvalue weighted by Gasteiger charge is 2.30. The molecule has 0 saturated heterocycles. The van der Waals surface area contributed by atoms with Crippen molar-refractivity contribution in [2.24, 2.45) is 0 Å². The summed E-state index contributed by atoms with van der Waals surface area (Å²) in [6.07, 6.45) is 3.89. The van der Waals surface area contributed by atoms with Crippen LogP contribution in [0.4, 0.5) is 0 Å². The van der Waals surface area contributed by atoms with E-state index in [2.05, 4.69) is 5.09 Å². The third-order valence-corrected chi connectivity index (χ3v) is 4.89. The Hall–Kier alpha value is -1.03. The summed E-state index contributed by atoms with van der Waals surface area (Å²) < 4.78 is 22.7. The van der Waals surface area contributed by atoms with Crippen LogP contribution in [0.1, 0.15) is 32.6 Å². The van der Waals surface area contributed by atoms with Crippen LogP contribution in [0.3, 0.4) is 0 Å². The minimum absolute atomic E-state index is 0.0356. The van der Waals surface area contributed by atoms with Crippen LogP contribution in [0.2, 0.25) is 0 Å². The molecule has 21 heavy (non-hydrogen) atoms. The molecule has 0 aliphatic heterocycles. The molecule has 0 amide bonds. The van der Waals surface area contributed by atoms with Crippen molar-refractivity contribution in [3.63, 3.8) is 0 Å². The molecule has 1 aromatic rings. The predicted octanol–water partition coefficient (Wildman–Crippen LogP) is 3.88. The maximum Gasteiger partial charge on any atom is 0.409 e. The average molecular weight is 332 g/mol. The first-order valence-corrected chi connectivity index (χ1v) is 9.52. The van der Waals surface area contributed by atoms with Crippen LogP contribution in [-0.2, 0) is 14.1 Å². The lowest BCUT2D eigenvalue weighted by atomic mass is 10.3. The number of para-hydroxylation sites is 1. The van der Waals surface area contributed by atoms with Gasteiger partial charge in [-0.25, -0.2) is 9.65 Å². The van der Waals surface area contributed by atoms with E-state index in [9.17, 15) is 9.36 Å². The van der Waals surface area contributed by atoms with E-state index in [1.807, 2.05) is 0 Å². The number of hydrogen-bond donors (Lipinski definition) is 1. The molecule has 0 aromatic heterocycles. The number of ether oxygens (including phenoxy) is 1. The third kappa shape index (κ3) is 5.34. The molecule has 2 unspecified atom stereocenters. The Balaban J connectivity index is 1.86. The number of nitrogens with one attached hydrogen (secondary N) is 1. The van der Waals surface area contributed by atoms with Gasteiger partial charge in [0, 0.05) is 11.2 Å². The van der Waals surface area contributed by atoms with Gasteiger partial charge < -0.3 is 9.26 Å². The SMILES string of the molecule is CC(NP(=O)(Cl)Oc1ccccc1)C(=O)OC1CCCC1. The summed E-state index contributed by atoms with van der Waals surface area (Å²) in [5.41, 5.74) is 0. The van der Waals surface area contributed by atoms with Gasteiger partial charge in [-0.2, -0.15) is 0 Å². The van der Waals surface area contributed by atoms with Crippen molar-refractivity contribution in [2.45, 2.75) is 44.8 Å². The fourth-order valence-corrected chi connectivity index (χ4v) is 3.89. The molecule has 1 aromatic carbocycles. The number of rotatable bonds is 6. The molecule has 0 radical (unpaired) electrons. The lowest BCUT2D eigenvalue weighted by Crippen LogP contribution is -2.35. The topological polar surface area (TPSA) is 64.6 Å². The third-order valence-electron chi connectivity index (χ3n) is 3.25. The molecule has 116 valence electrons. The molecule has 2 atom stereocenters. The van der Waals surface area contributed by atoms with Crippen LogP contribution in [-0.4, -0.2) is 18.1 Å². The number of hydrogen-bond acceptors (Lipinski definition) is 4. The zero-order valence-corrected chi connectivity index (χ0v) is 13.5. The van der Waals surface area contributed by atoms with Crippen molar-refractivity contribution in [1.82, 2.24) is 5.09 Å². The first-order valence-electron chi connectivity index (χ1n) is 6.99. The van der Waals surface area contributed by atoms with Gasteiger partial charge in [0.1, 0.15) is 17.9 Å². The molecule has 1 saturated carbocycles. The normalized spacial score (nSPS) is 19.7. The Morgan fingerprint density at radius 1 is 1.33 bits per heavy atom. The van der Waals surface area contributed by atoms with Gasteiger partial charge >= 0.3 is 12.8 Å². The Bertz CT molecular complexity index is 519. The van der Waals surface area contributed by atoms with E-state index < -0.39 is 18.9 Å². The van der Waals surface area contributed by atoms with Crippen molar-refractivity contribution < 1.29 is 18.6 Å². The zero-order valence-electron chi connectivity index (χ0n) is 11.8. The quantitative estimate of drug-likeness (QED) is 0.633. The fraction of sp³-hybridized carbons (Fsp3) is 0.500. The number of halogens is 1. The molecule has 2 rings (SSSR count). The second-order valence-electron chi connectivity index (χ2n) is 5.08. The van der Waals surface area contributed by atoms with Crippen LogP contribution in [0.15, 0.2) is 30.3 Å². The van der Waals surface area contributed by atoms with Crippen LogP contribution in [0.5, 0.6) is 5.75 Å². The van der Waals surface area contributed by atoms with Crippen molar-refractivity contribution >= 4 is 24.1 Å². The van der Waals surface area contributed by atoms with E-state index in [1.54, 1.807) is 37.3 Å². The van der Waals surface area contributed by atoms with Gasteiger partial charge in [0.15, 0.2) is 0 Å². The monoisotopic (exact) mass is 331 g/mol. The molecule has 7 heteroatoms. The molecule has 1 aliphatic rings. The molecule has 1 N–H and O–H groups in total. The number of esters is 1. The number of carbonyl (C=O) groups excluding carboxylic acids is 1. The van der Waals surface area contributed by atoms with Gasteiger partial charge in [-0.05, 0) is 44.7 Å². The minimum Gasteiger partial charge on any atom is -0.461 e. The van der Waals surface area contributed by atoms with Gasteiger partial charge in [-0.1, -0.05) is 18.2 Å². The largest absolute Gasteiger partial charge is 0.461 e. The lowest BCUT2D eigenvalue weighted by molar-refractivity contribution is -0.150. The van der Waals surface area contributed by atoms with E-state index in [-0.39, 0.29) is 6.10 Å². The first-order chi connectivity index (χ1) is 9.96. The highest BCUT2D eigenvalue weighted by molar-refractivity contribution is 7.84. The second-order valence-corrected chi connectivity index (χ2v) is 7.81. The predicted molar refractivity (Wildman–Crippen MR) is 81.5 cm³/mol. The first kappa shape index (κ1) is 16.3. The molecular weight excluding hydrogens is 313 g/mol. The molecule has 0 bridgehead atoms. The van der Waals surface area contributed by atoms with E-state index in [0.29, 0.717) is 5.75 Å². The minimum atomic E-state index is -3.65. The molecular formula is C14H19ClNO4P. The Morgan fingerprint density at radius 3 is 2.57 bits per heavy atom. The van der Waals surface area contributed by atoms with E-state index in [0.717, 1.165) is 25.7 Å². The average Bonchev–Trinajstić information content (AvgIpc) is 2.91. The molecule has 0 heterocycles. The Labute approximate surface area is 129 Å². The summed E-state index contributed by atoms with van der Waals surface area (Å²) in [6.45, 7) is -2.09. The van der Waals surface area contributed by atoms with Gasteiger partial charge in [-0.15, -0.1) is 0 Å². The van der Waals surface area contributed by atoms with Gasteiger partial charge in [0.2, 0.25) is 0 Å². The maximum atomic E-state index is 12.2. The lowest BCUT2D eigenvalue weighted by Gasteiger charge is -2.20. The zero-order chi connectivity index (χ0) is 15.3. The summed E-state index contributed by atoms with van der Waals surface area (Å²) in [5.74, 6) is -0.0841. The van der Waals surface area contributed by atoms with Crippen LogP contribution >= 0.6 is 18.1 Å². The second kappa shape index (κ2) is 7.30. The fourth-order valence-electron chi connectivity index (χ4n) is 2.20. The summed E-state index contributed by atoms with van der Waals surface area (Å²) in [7, 11) is 0. The summed E-state index contributed by atoms with van der Waals surface area (Å²) >= 11 is 5.84. The van der Waals surface area contributed by atoms with Crippen LogP contribution in [0, 0.1) is 0 Å². The summed E-state index contributed by atoms with van der Waals surface area (Å²) in [4.78, 5) is 11.9. The number of benzene rings is 1. The highest BCUT2D eigenvalue weighted by atomic mass is 35.7. The summed E-state index contributed by atoms with van der Waals surface area (Å²) in [5, 5.41) is 2.50. The Kier molecular flexibility index (Phi) is 5.68. The van der Waals surface area contributed by atoms with E-state index in [4.69, 9.17) is 20.5 Å². The Morgan fingerprint density at radius 2 is 1.95 bits per heavy atom. The van der Waals surface area contributed by atoms with E-state index >= 15 is 0 Å². The molecule has 0 spiro atoms. The molecule has 1 fully saturated rings. The van der Waals surface area contributed by atoms with Crippen molar-refractivity contribution in [3.8, 4) is 5.75 Å². The van der Waals surface area contributed by atoms with Crippen LogP contribution < -0.4 is 9.61 Å². The number of carbonyl (C=O) groups is 1. The smallest absolute Gasteiger partial charge is 0.409 e. The summed E-state index contributed by atoms with van der Waals surface area (Å²) in [6, 6.07) is 7.77. The molecule has 1 aliphatic carbocycles.